The van der Waals surface area contributed by atoms with Gasteiger partial charge in [-0.1, -0.05) is 12.1 Å². The summed E-state index contributed by atoms with van der Waals surface area (Å²) in [5.74, 6) is -0.476. The van der Waals surface area contributed by atoms with E-state index in [0.29, 0.717) is 0 Å². The van der Waals surface area contributed by atoms with Crippen molar-refractivity contribution in [3.8, 4) is 5.75 Å². The zero-order valence-electron chi connectivity index (χ0n) is 7.65. The second kappa shape index (κ2) is 3.94. The van der Waals surface area contributed by atoms with Gasteiger partial charge in [-0.2, -0.15) is 0 Å². The number of hydrogen-bond donors (Lipinski definition) is 1. The van der Waals surface area contributed by atoms with E-state index < -0.39 is 0 Å². The quantitative estimate of drug-likeness (QED) is 0.704. The fourth-order valence-electron chi connectivity index (χ4n) is 1.11. The third-order valence-corrected chi connectivity index (χ3v) is 1.92. The smallest absolute Gasteiger partial charge is 0.312 e. The molecule has 0 unspecified atom stereocenters. The Hall–Kier alpha value is -1.51. The minimum absolute atomic E-state index is 0.160. The van der Waals surface area contributed by atoms with Crippen LogP contribution in [0, 0.1) is 0 Å². The van der Waals surface area contributed by atoms with Gasteiger partial charge in [0.15, 0.2) is 0 Å². The van der Waals surface area contributed by atoms with E-state index in [1.54, 1.807) is 31.2 Å². The van der Waals surface area contributed by atoms with Crippen LogP contribution in [0.2, 0.25) is 0 Å². The van der Waals surface area contributed by atoms with Gasteiger partial charge >= 0.3 is 5.97 Å². The van der Waals surface area contributed by atoms with Gasteiger partial charge in [-0.05, 0) is 24.6 Å². The number of esters is 1. The SMILES string of the molecule is COC(=O)[C@H](C)c1cccc(O)c1. The first-order valence-electron chi connectivity index (χ1n) is 4.02. The van der Waals surface area contributed by atoms with Crippen LogP contribution >= 0.6 is 0 Å². The average molecular weight is 180 g/mol. The van der Waals surface area contributed by atoms with E-state index in [0.717, 1.165) is 5.56 Å². The lowest BCUT2D eigenvalue weighted by atomic mass is 10.0. The monoisotopic (exact) mass is 180 g/mol. The topological polar surface area (TPSA) is 46.5 Å². The van der Waals surface area contributed by atoms with Gasteiger partial charge in [0.2, 0.25) is 0 Å². The van der Waals surface area contributed by atoms with Crippen molar-refractivity contribution in [1.82, 2.24) is 0 Å². The normalized spacial score (nSPS) is 12.2. The van der Waals surface area contributed by atoms with E-state index in [1.165, 1.54) is 7.11 Å². The van der Waals surface area contributed by atoms with Gasteiger partial charge in [0.25, 0.3) is 0 Å². The van der Waals surface area contributed by atoms with Gasteiger partial charge in [-0.25, -0.2) is 0 Å². The molecule has 0 aliphatic rings. The molecule has 3 nitrogen and oxygen atoms in total. The molecule has 0 aliphatic heterocycles. The van der Waals surface area contributed by atoms with Crippen LogP contribution in [-0.4, -0.2) is 18.2 Å². The number of carbonyl (C=O) groups excluding carboxylic acids is 1. The predicted molar refractivity (Wildman–Crippen MR) is 48.5 cm³/mol. The van der Waals surface area contributed by atoms with Gasteiger partial charge < -0.3 is 9.84 Å². The zero-order valence-corrected chi connectivity index (χ0v) is 7.65. The summed E-state index contributed by atoms with van der Waals surface area (Å²) in [6, 6.07) is 6.60. The van der Waals surface area contributed by atoms with E-state index >= 15 is 0 Å². The van der Waals surface area contributed by atoms with Crippen molar-refractivity contribution in [2.75, 3.05) is 7.11 Å². The number of hydrogen-bond acceptors (Lipinski definition) is 3. The van der Waals surface area contributed by atoms with Crippen LogP contribution in [-0.2, 0) is 9.53 Å². The lowest BCUT2D eigenvalue weighted by molar-refractivity contribution is -0.141. The molecule has 0 fully saturated rings. The third-order valence-electron chi connectivity index (χ3n) is 1.92. The fourth-order valence-corrected chi connectivity index (χ4v) is 1.11. The molecule has 0 bridgehead atoms. The van der Waals surface area contributed by atoms with Gasteiger partial charge in [-0.3, -0.25) is 4.79 Å². The highest BCUT2D eigenvalue weighted by atomic mass is 16.5. The molecule has 1 rings (SSSR count). The van der Waals surface area contributed by atoms with Crippen molar-refractivity contribution in [1.29, 1.82) is 0 Å². The van der Waals surface area contributed by atoms with Crippen LogP contribution in [0.25, 0.3) is 0 Å². The number of rotatable bonds is 2. The van der Waals surface area contributed by atoms with Crippen molar-refractivity contribution >= 4 is 5.97 Å². The summed E-state index contributed by atoms with van der Waals surface area (Å²) in [5, 5.41) is 9.16. The molecule has 0 spiro atoms. The van der Waals surface area contributed by atoms with Crippen LogP contribution in [0.1, 0.15) is 18.4 Å². The number of phenolic OH excluding ortho intramolecular Hbond substituents is 1. The van der Waals surface area contributed by atoms with Crippen LogP contribution < -0.4 is 0 Å². The molecule has 1 N–H and O–H groups in total. The summed E-state index contributed by atoms with van der Waals surface area (Å²) in [7, 11) is 1.35. The Bertz CT molecular complexity index is 307. The van der Waals surface area contributed by atoms with Gasteiger partial charge in [0.05, 0.1) is 13.0 Å². The van der Waals surface area contributed by atoms with Crippen LogP contribution in [0.4, 0.5) is 0 Å². The summed E-state index contributed by atoms with van der Waals surface area (Å²) < 4.78 is 4.59. The molecular weight excluding hydrogens is 168 g/mol. The van der Waals surface area contributed by atoms with E-state index in [9.17, 15) is 4.79 Å². The molecule has 13 heavy (non-hydrogen) atoms. The Morgan fingerprint density at radius 2 is 2.23 bits per heavy atom. The van der Waals surface area contributed by atoms with E-state index in [4.69, 9.17) is 5.11 Å². The number of ether oxygens (including phenoxy) is 1. The average Bonchev–Trinajstić information content (AvgIpc) is 2.15. The van der Waals surface area contributed by atoms with Gasteiger partial charge in [0.1, 0.15) is 5.75 Å². The summed E-state index contributed by atoms with van der Waals surface area (Å²) >= 11 is 0. The van der Waals surface area contributed by atoms with Crippen molar-refractivity contribution < 1.29 is 14.6 Å². The number of carbonyl (C=O) groups is 1. The van der Waals surface area contributed by atoms with E-state index in [1.807, 2.05) is 0 Å². The Balaban J connectivity index is 2.88. The Kier molecular flexibility index (Phi) is 2.90. The van der Waals surface area contributed by atoms with Gasteiger partial charge in [-0.15, -0.1) is 0 Å². The maximum absolute atomic E-state index is 11.1. The predicted octanol–water partition coefficient (Wildman–Crippen LogP) is 1.67. The third kappa shape index (κ3) is 2.21. The minimum Gasteiger partial charge on any atom is -0.508 e. The summed E-state index contributed by atoms with van der Waals surface area (Å²) in [4.78, 5) is 11.1. The highest BCUT2D eigenvalue weighted by Crippen LogP contribution is 2.20. The van der Waals surface area contributed by atoms with Crippen LogP contribution in [0.3, 0.4) is 0 Å². The highest BCUT2D eigenvalue weighted by molar-refractivity contribution is 5.77. The fraction of sp³-hybridized carbons (Fsp3) is 0.300. The molecule has 1 aromatic rings. The summed E-state index contributed by atoms with van der Waals surface area (Å²) in [6.45, 7) is 1.74. The number of benzene rings is 1. The lowest BCUT2D eigenvalue weighted by Crippen LogP contribution is -2.10. The Morgan fingerprint density at radius 3 is 2.77 bits per heavy atom. The molecule has 0 amide bonds. The maximum atomic E-state index is 11.1. The van der Waals surface area contributed by atoms with Crippen molar-refractivity contribution in [3.05, 3.63) is 29.8 Å². The second-order valence-electron chi connectivity index (χ2n) is 2.84. The molecule has 70 valence electrons. The standard InChI is InChI=1S/C10H12O3/c1-7(10(12)13-2)8-4-3-5-9(11)6-8/h3-7,11H,1-2H3/t7-/m1/s1. The van der Waals surface area contributed by atoms with Gasteiger partial charge in [0, 0.05) is 0 Å². The summed E-state index contributed by atoms with van der Waals surface area (Å²) in [5.41, 5.74) is 0.756. The molecule has 0 aliphatic carbocycles. The van der Waals surface area contributed by atoms with Crippen molar-refractivity contribution in [2.45, 2.75) is 12.8 Å². The molecule has 0 radical (unpaired) electrons. The number of phenols is 1. The van der Waals surface area contributed by atoms with E-state index in [-0.39, 0.29) is 17.6 Å². The Morgan fingerprint density at radius 1 is 1.54 bits per heavy atom. The van der Waals surface area contributed by atoms with Crippen LogP contribution in [0.15, 0.2) is 24.3 Å². The molecule has 0 saturated carbocycles. The highest BCUT2D eigenvalue weighted by Gasteiger charge is 2.15. The first-order valence-corrected chi connectivity index (χ1v) is 4.02. The summed E-state index contributed by atoms with van der Waals surface area (Å²) in [6.07, 6.45) is 0. The minimum atomic E-state index is -0.336. The molecule has 1 aromatic carbocycles. The first kappa shape index (κ1) is 9.58. The maximum Gasteiger partial charge on any atom is 0.312 e. The molecule has 0 heterocycles. The number of aromatic hydroxyl groups is 1. The largest absolute Gasteiger partial charge is 0.508 e. The van der Waals surface area contributed by atoms with Crippen molar-refractivity contribution in [3.63, 3.8) is 0 Å². The van der Waals surface area contributed by atoms with Crippen molar-refractivity contribution in [2.24, 2.45) is 0 Å². The first-order chi connectivity index (χ1) is 6.15. The molecule has 1 atom stereocenters. The van der Waals surface area contributed by atoms with Crippen LogP contribution in [0.5, 0.6) is 5.75 Å². The molecule has 3 heteroatoms. The Labute approximate surface area is 77.0 Å². The number of methoxy groups -OCH3 is 1. The zero-order chi connectivity index (χ0) is 9.84. The molecule has 0 saturated heterocycles. The molecule has 0 aromatic heterocycles. The lowest BCUT2D eigenvalue weighted by Gasteiger charge is -2.08. The molecular formula is C10H12O3. The second-order valence-corrected chi connectivity index (χ2v) is 2.84. The van der Waals surface area contributed by atoms with E-state index in [2.05, 4.69) is 4.74 Å².